The van der Waals surface area contributed by atoms with Crippen molar-refractivity contribution in [2.75, 3.05) is 0 Å². The number of hydrogen-bond acceptors (Lipinski definition) is 2. The fraction of sp³-hybridized carbons (Fsp3) is 0.250. The first-order valence-electron chi connectivity index (χ1n) is 6.30. The van der Waals surface area contributed by atoms with Gasteiger partial charge in [0, 0.05) is 17.2 Å². The minimum Gasteiger partial charge on any atom is -0.488 e. The monoisotopic (exact) mass is 259 g/mol. The largest absolute Gasteiger partial charge is 0.488 e. The third-order valence-corrected chi connectivity index (χ3v) is 3.00. The Balaban J connectivity index is 2.19. The second-order valence-electron chi connectivity index (χ2n) is 4.71. The van der Waals surface area contributed by atoms with E-state index in [-0.39, 0.29) is 18.5 Å². The molecule has 0 amide bonds. The second kappa shape index (κ2) is 5.85. The Morgan fingerprint density at radius 2 is 1.95 bits per heavy atom. The first-order chi connectivity index (χ1) is 9.08. The number of nitrogens with two attached hydrogens (primary N) is 1. The maximum Gasteiger partial charge on any atom is 0.129 e. The fourth-order valence-corrected chi connectivity index (χ4v) is 1.91. The lowest BCUT2D eigenvalue weighted by molar-refractivity contribution is 0.295. The molecule has 0 aromatic heterocycles. The van der Waals surface area contributed by atoms with Crippen LogP contribution in [0.4, 0.5) is 4.39 Å². The minimum absolute atomic E-state index is 0.115. The molecule has 0 aliphatic carbocycles. The van der Waals surface area contributed by atoms with Crippen LogP contribution in [0.2, 0.25) is 0 Å². The highest BCUT2D eigenvalue weighted by Gasteiger charge is 2.09. The Hall–Kier alpha value is -1.87. The summed E-state index contributed by atoms with van der Waals surface area (Å²) in [6, 6.07) is 12.4. The van der Waals surface area contributed by atoms with E-state index in [9.17, 15) is 4.39 Å². The summed E-state index contributed by atoms with van der Waals surface area (Å²) in [6.07, 6.45) is 0. The Kier molecular flexibility index (Phi) is 4.17. The van der Waals surface area contributed by atoms with Gasteiger partial charge in [0.05, 0.1) is 0 Å². The summed E-state index contributed by atoms with van der Waals surface area (Å²) in [4.78, 5) is 0. The summed E-state index contributed by atoms with van der Waals surface area (Å²) >= 11 is 0. The molecule has 0 spiro atoms. The molecule has 0 saturated carbocycles. The number of rotatable bonds is 4. The van der Waals surface area contributed by atoms with Crippen LogP contribution in [0.1, 0.15) is 29.7 Å². The van der Waals surface area contributed by atoms with E-state index >= 15 is 0 Å². The van der Waals surface area contributed by atoms with Crippen LogP contribution in [0, 0.1) is 12.7 Å². The molecule has 0 unspecified atom stereocenters. The van der Waals surface area contributed by atoms with Gasteiger partial charge in [-0.15, -0.1) is 0 Å². The van der Waals surface area contributed by atoms with E-state index in [0.717, 1.165) is 16.9 Å². The fourth-order valence-electron chi connectivity index (χ4n) is 1.91. The van der Waals surface area contributed by atoms with Gasteiger partial charge in [-0.05, 0) is 31.5 Å². The van der Waals surface area contributed by atoms with Crippen LogP contribution in [-0.2, 0) is 6.61 Å². The lowest BCUT2D eigenvalue weighted by Crippen LogP contribution is -2.08. The first kappa shape index (κ1) is 13.6. The van der Waals surface area contributed by atoms with Crippen LogP contribution in [0.25, 0.3) is 0 Å². The third kappa shape index (κ3) is 3.32. The van der Waals surface area contributed by atoms with Crippen LogP contribution < -0.4 is 10.5 Å². The van der Waals surface area contributed by atoms with Crippen molar-refractivity contribution in [1.82, 2.24) is 0 Å². The molecule has 0 aliphatic rings. The van der Waals surface area contributed by atoms with Crippen molar-refractivity contribution in [2.24, 2.45) is 5.73 Å². The van der Waals surface area contributed by atoms with Crippen LogP contribution in [0.5, 0.6) is 5.75 Å². The molecule has 2 nitrogen and oxygen atoms in total. The van der Waals surface area contributed by atoms with Gasteiger partial charge in [0.1, 0.15) is 18.2 Å². The highest BCUT2D eigenvalue weighted by Crippen LogP contribution is 2.26. The van der Waals surface area contributed by atoms with Crippen molar-refractivity contribution in [1.29, 1.82) is 0 Å². The zero-order valence-electron chi connectivity index (χ0n) is 11.2. The molecule has 2 aromatic carbocycles. The first-order valence-corrected chi connectivity index (χ1v) is 6.30. The van der Waals surface area contributed by atoms with E-state index < -0.39 is 0 Å². The molecule has 2 aromatic rings. The molecule has 19 heavy (non-hydrogen) atoms. The summed E-state index contributed by atoms with van der Waals surface area (Å²) in [5.41, 5.74) is 8.47. The molecule has 0 bridgehead atoms. The maximum atomic E-state index is 13.5. The molecular weight excluding hydrogens is 241 g/mol. The van der Waals surface area contributed by atoms with Crippen molar-refractivity contribution in [3.8, 4) is 5.75 Å². The van der Waals surface area contributed by atoms with Crippen LogP contribution in [0.15, 0.2) is 42.5 Å². The van der Waals surface area contributed by atoms with Gasteiger partial charge in [-0.2, -0.15) is 0 Å². The number of hydrogen-bond donors (Lipinski definition) is 1. The number of benzene rings is 2. The molecule has 1 atom stereocenters. The molecular formula is C16H18FNO. The normalized spacial score (nSPS) is 12.2. The molecule has 0 saturated heterocycles. The van der Waals surface area contributed by atoms with Gasteiger partial charge in [-0.3, -0.25) is 0 Å². The maximum absolute atomic E-state index is 13.5. The lowest BCUT2D eigenvalue weighted by atomic mass is 10.1. The molecule has 0 fully saturated rings. The highest BCUT2D eigenvalue weighted by atomic mass is 19.1. The molecule has 3 heteroatoms. The summed E-state index contributed by atoms with van der Waals surface area (Å²) in [5, 5.41) is 0. The van der Waals surface area contributed by atoms with Crippen LogP contribution >= 0.6 is 0 Å². The van der Waals surface area contributed by atoms with E-state index in [0.29, 0.717) is 5.56 Å². The molecule has 100 valence electrons. The average Bonchev–Trinajstić information content (AvgIpc) is 2.37. The number of ether oxygens (including phenoxy) is 1. The van der Waals surface area contributed by atoms with Gasteiger partial charge in [-0.1, -0.05) is 30.3 Å². The smallest absolute Gasteiger partial charge is 0.129 e. The quantitative estimate of drug-likeness (QED) is 0.908. The van der Waals surface area contributed by atoms with E-state index in [2.05, 4.69) is 0 Å². The lowest BCUT2D eigenvalue weighted by Gasteiger charge is -2.15. The van der Waals surface area contributed by atoms with Gasteiger partial charge >= 0.3 is 0 Å². The highest BCUT2D eigenvalue weighted by molar-refractivity contribution is 5.39. The Morgan fingerprint density at radius 1 is 1.21 bits per heavy atom. The number of aryl methyl sites for hydroxylation is 1. The summed E-state index contributed by atoms with van der Waals surface area (Å²) < 4.78 is 19.3. The van der Waals surface area contributed by atoms with Gasteiger partial charge in [-0.25, -0.2) is 4.39 Å². The predicted octanol–water partition coefficient (Wildman–Crippen LogP) is 3.73. The van der Waals surface area contributed by atoms with Crippen molar-refractivity contribution >= 4 is 0 Å². The van der Waals surface area contributed by atoms with E-state index in [1.54, 1.807) is 18.2 Å². The zero-order chi connectivity index (χ0) is 13.8. The second-order valence-corrected chi connectivity index (χ2v) is 4.71. The SMILES string of the molecule is Cc1ccc([C@@H](C)N)c(OCc2ccccc2F)c1. The summed E-state index contributed by atoms with van der Waals surface area (Å²) in [6.45, 7) is 4.09. The average molecular weight is 259 g/mol. The summed E-state index contributed by atoms with van der Waals surface area (Å²) in [5.74, 6) is 0.468. The van der Waals surface area contributed by atoms with Crippen LogP contribution in [0.3, 0.4) is 0 Å². The van der Waals surface area contributed by atoms with E-state index in [1.165, 1.54) is 6.07 Å². The molecule has 2 N–H and O–H groups in total. The van der Waals surface area contributed by atoms with Gasteiger partial charge in [0.15, 0.2) is 0 Å². The molecule has 0 aliphatic heterocycles. The van der Waals surface area contributed by atoms with Crippen molar-refractivity contribution in [3.63, 3.8) is 0 Å². The van der Waals surface area contributed by atoms with Gasteiger partial charge in [0.2, 0.25) is 0 Å². The van der Waals surface area contributed by atoms with Crippen molar-refractivity contribution in [3.05, 3.63) is 65.0 Å². The van der Waals surface area contributed by atoms with E-state index in [4.69, 9.17) is 10.5 Å². The summed E-state index contributed by atoms with van der Waals surface area (Å²) in [7, 11) is 0. The Bertz CT molecular complexity index is 566. The van der Waals surface area contributed by atoms with Crippen molar-refractivity contribution in [2.45, 2.75) is 26.5 Å². The van der Waals surface area contributed by atoms with Gasteiger partial charge in [0.25, 0.3) is 0 Å². The van der Waals surface area contributed by atoms with Gasteiger partial charge < -0.3 is 10.5 Å². The predicted molar refractivity (Wildman–Crippen MR) is 74.5 cm³/mol. The molecule has 2 rings (SSSR count). The van der Waals surface area contributed by atoms with E-state index in [1.807, 2.05) is 32.0 Å². The molecule has 0 heterocycles. The minimum atomic E-state index is -0.252. The third-order valence-electron chi connectivity index (χ3n) is 3.00. The zero-order valence-corrected chi connectivity index (χ0v) is 11.2. The standard InChI is InChI=1S/C16H18FNO/c1-11-7-8-14(12(2)18)16(9-11)19-10-13-5-3-4-6-15(13)17/h3-9,12H,10,18H2,1-2H3/t12-/m1/s1. The Morgan fingerprint density at radius 3 is 2.63 bits per heavy atom. The molecule has 0 radical (unpaired) electrons. The van der Waals surface area contributed by atoms with Crippen molar-refractivity contribution < 1.29 is 9.13 Å². The number of halogens is 1. The van der Waals surface area contributed by atoms with Crippen LogP contribution in [-0.4, -0.2) is 0 Å². The topological polar surface area (TPSA) is 35.2 Å². The Labute approximate surface area is 113 Å².